The number of rotatable bonds is 0. The van der Waals surface area contributed by atoms with E-state index in [1.165, 1.54) is 57.0 Å². The molecule has 16 heavy (non-hydrogen) atoms. The fourth-order valence-electron chi connectivity index (χ4n) is 3.07. The van der Waals surface area contributed by atoms with Gasteiger partial charge in [-0.25, -0.2) is 0 Å². The lowest BCUT2D eigenvalue weighted by Gasteiger charge is -2.28. The molecule has 3 heterocycles. The maximum Gasteiger partial charge on any atom is 0.0877 e. The van der Waals surface area contributed by atoms with Crippen molar-refractivity contribution < 1.29 is 4.57 Å². The van der Waals surface area contributed by atoms with Gasteiger partial charge in [0.1, 0.15) is 0 Å². The highest BCUT2D eigenvalue weighted by Crippen LogP contribution is 2.55. The third kappa shape index (κ3) is 3.69. The van der Waals surface area contributed by atoms with Crippen LogP contribution >= 0.6 is 13.2 Å². The van der Waals surface area contributed by atoms with Gasteiger partial charge >= 0.3 is 0 Å². The van der Waals surface area contributed by atoms with Crippen LogP contribution in [0.4, 0.5) is 0 Å². The van der Waals surface area contributed by atoms with Crippen LogP contribution in [0.1, 0.15) is 38.5 Å². The van der Waals surface area contributed by atoms with Crippen LogP contribution in [-0.4, -0.2) is 37.0 Å². The van der Waals surface area contributed by atoms with Crippen LogP contribution in [0.25, 0.3) is 0 Å². The molecule has 0 spiro atoms. The van der Waals surface area contributed by atoms with E-state index in [0.717, 1.165) is 18.5 Å². The first kappa shape index (κ1) is 13.3. The van der Waals surface area contributed by atoms with Crippen LogP contribution in [0.2, 0.25) is 0 Å². The standard InChI is InChI=1S/C12H24OP2S/c13-14-7-1-4-10-15(16,11-5-2-8-14)12-6-3-9-14/h1-12H2. The van der Waals surface area contributed by atoms with Crippen molar-refractivity contribution in [1.82, 2.24) is 0 Å². The van der Waals surface area contributed by atoms with Crippen molar-refractivity contribution in [2.24, 2.45) is 0 Å². The molecule has 3 fully saturated rings. The van der Waals surface area contributed by atoms with Crippen molar-refractivity contribution in [3.63, 3.8) is 0 Å². The molecule has 0 amide bonds. The normalized spacial score (nSPS) is 42.2. The van der Waals surface area contributed by atoms with Gasteiger partial charge in [-0.3, -0.25) is 0 Å². The van der Waals surface area contributed by atoms with Gasteiger partial charge in [0.25, 0.3) is 0 Å². The molecule has 3 saturated heterocycles. The summed E-state index contributed by atoms with van der Waals surface area (Å²) >= 11 is 5.96. The van der Waals surface area contributed by atoms with Gasteiger partial charge < -0.3 is 4.57 Å². The van der Waals surface area contributed by atoms with E-state index in [1.807, 2.05) is 0 Å². The number of hydrogen-bond donors (Lipinski definition) is 0. The van der Waals surface area contributed by atoms with Crippen LogP contribution in [0, 0.1) is 0 Å². The molecule has 0 unspecified atom stereocenters. The smallest absolute Gasteiger partial charge is 0.0877 e. The molecule has 0 radical (unpaired) electrons. The topological polar surface area (TPSA) is 17.1 Å². The third-order valence-electron chi connectivity index (χ3n) is 4.14. The zero-order chi connectivity index (χ0) is 11.5. The molecular weight excluding hydrogens is 254 g/mol. The molecule has 0 aliphatic carbocycles. The zero-order valence-corrected chi connectivity index (χ0v) is 12.8. The van der Waals surface area contributed by atoms with Crippen molar-refractivity contribution in [1.29, 1.82) is 0 Å². The molecule has 1 nitrogen and oxygen atoms in total. The highest BCUT2D eigenvalue weighted by Gasteiger charge is 2.26. The lowest BCUT2D eigenvalue weighted by Crippen LogP contribution is -2.10. The van der Waals surface area contributed by atoms with Crippen molar-refractivity contribution in [2.45, 2.75) is 38.5 Å². The monoisotopic (exact) mass is 278 g/mol. The molecule has 3 rings (SSSR count). The Balaban J connectivity index is 2.15. The van der Waals surface area contributed by atoms with E-state index >= 15 is 0 Å². The number of fused-ring (bicyclic) bond motifs is 9. The predicted octanol–water partition coefficient (Wildman–Crippen LogP) is 4.20. The Bertz CT molecular complexity index is 247. The van der Waals surface area contributed by atoms with Gasteiger partial charge in [-0.1, -0.05) is 11.8 Å². The van der Waals surface area contributed by atoms with Gasteiger partial charge in [-0.05, 0) is 63.0 Å². The molecule has 0 N–H and O–H groups in total. The van der Waals surface area contributed by atoms with Crippen molar-refractivity contribution in [3.8, 4) is 0 Å². The number of hydrogen-bond acceptors (Lipinski definition) is 2. The first-order valence-electron chi connectivity index (χ1n) is 6.76. The van der Waals surface area contributed by atoms with Crippen LogP contribution in [-0.2, 0) is 16.4 Å². The van der Waals surface area contributed by atoms with Crippen LogP contribution < -0.4 is 0 Å². The molecule has 3 aliphatic rings. The Labute approximate surface area is 105 Å². The quantitative estimate of drug-likeness (QED) is 0.618. The van der Waals surface area contributed by atoms with E-state index in [0.29, 0.717) is 0 Å². The van der Waals surface area contributed by atoms with E-state index in [9.17, 15) is 4.57 Å². The van der Waals surface area contributed by atoms with E-state index in [4.69, 9.17) is 11.8 Å². The fourth-order valence-corrected chi connectivity index (χ4v) is 10.4. The van der Waals surface area contributed by atoms with Crippen molar-refractivity contribution >= 4 is 25.0 Å². The maximum absolute atomic E-state index is 12.7. The largest absolute Gasteiger partial charge is 0.324 e. The lowest BCUT2D eigenvalue weighted by atomic mass is 10.4. The molecular formula is C12H24OP2S. The van der Waals surface area contributed by atoms with Crippen LogP contribution in [0.3, 0.4) is 0 Å². The van der Waals surface area contributed by atoms with Gasteiger partial charge in [0.15, 0.2) is 0 Å². The minimum absolute atomic E-state index is 1.00. The molecule has 0 atom stereocenters. The first-order chi connectivity index (χ1) is 7.62. The predicted molar refractivity (Wildman–Crippen MR) is 78.8 cm³/mol. The molecule has 4 heteroatoms. The maximum atomic E-state index is 12.7. The molecule has 0 saturated carbocycles. The molecule has 94 valence electrons. The Hall–Kier alpha value is 0.880. The summed E-state index contributed by atoms with van der Waals surface area (Å²) in [6, 6.07) is -1.00. The van der Waals surface area contributed by atoms with Crippen molar-refractivity contribution in [3.05, 3.63) is 0 Å². The Morgan fingerprint density at radius 3 is 1.31 bits per heavy atom. The van der Waals surface area contributed by atoms with Crippen LogP contribution in [0.15, 0.2) is 0 Å². The summed E-state index contributed by atoms with van der Waals surface area (Å²) in [6.45, 7) is 0. The summed E-state index contributed by atoms with van der Waals surface area (Å²) in [7, 11) is -1.77. The molecule has 2 bridgehead atoms. The van der Waals surface area contributed by atoms with Gasteiger partial charge in [0, 0.05) is 18.5 Å². The highest BCUT2D eigenvalue weighted by molar-refractivity contribution is 8.14. The van der Waals surface area contributed by atoms with E-state index in [2.05, 4.69) is 0 Å². The minimum Gasteiger partial charge on any atom is -0.324 e. The second-order valence-corrected chi connectivity index (χ2v) is 14.8. The SMILES string of the molecule is O=P12CCCCP(=S)(CCCC1)CCCC2. The summed E-state index contributed by atoms with van der Waals surface area (Å²) in [5.41, 5.74) is 0. The molecule has 0 aromatic rings. The van der Waals surface area contributed by atoms with Crippen LogP contribution in [0.5, 0.6) is 0 Å². The van der Waals surface area contributed by atoms with Gasteiger partial charge in [-0.15, -0.1) is 0 Å². The lowest BCUT2D eigenvalue weighted by molar-refractivity contribution is 0.566. The Morgan fingerprint density at radius 1 is 0.625 bits per heavy atom. The third-order valence-corrected chi connectivity index (χ3v) is 12.6. The summed E-state index contributed by atoms with van der Waals surface area (Å²) in [4.78, 5) is 0. The molecule has 3 aliphatic heterocycles. The van der Waals surface area contributed by atoms with E-state index < -0.39 is 13.2 Å². The Morgan fingerprint density at radius 2 is 0.938 bits per heavy atom. The van der Waals surface area contributed by atoms with Gasteiger partial charge in [-0.2, -0.15) is 0 Å². The van der Waals surface area contributed by atoms with Gasteiger partial charge in [0.05, 0.1) is 7.14 Å². The fraction of sp³-hybridized carbons (Fsp3) is 1.00. The molecule has 0 aromatic carbocycles. The second-order valence-electron chi connectivity index (χ2n) is 5.58. The van der Waals surface area contributed by atoms with Crippen molar-refractivity contribution in [2.75, 3.05) is 37.0 Å². The molecule has 0 aromatic heterocycles. The second kappa shape index (κ2) is 5.68. The zero-order valence-electron chi connectivity index (χ0n) is 10.2. The summed E-state index contributed by atoms with van der Waals surface area (Å²) < 4.78 is 12.7. The average molecular weight is 278 g/mol. The average Bonchev–Trinajstić information content (AvgIpc) is 2.27. The summed E-state index contributed by atoms with van der Waals surface area (Å²) in [5.74, 6) is 0. The van der Waals surface area contributed by atoms with E-state index in [1.54, 1.807) is 0 Å². The van der Waals surface area contributed by atoms with E-state index in [-0.39, 0.29) is 0 Å². The summed E-state index contributed by atoms with van der Waals surface area (Å²) in [6.07, 6.45) is 14.4. The highest BCUT2D eigenvalue weighted by atomic mass is 32.4. The minimum atomic E-state index is -1.77. The Kier molecular flexibility index (Phi) is 4.73. The van der Waals surface area contributed by atoms with Gasteiger partial charge in [0.2, 0.25) is 0 Å². The first-order valence-corrected chi connectivity index (χ1v) is 12.4. The summed E-state index contributed by atoms with van der Waals surface area (Å²) in [5, 5.41) is 0.